The molecule has 0 amide bonds. The third-order valence-corrected chi connectivity index (χ3v) is 3.45. The van der Waals surface area contributed by atoms with Gasteiger partial charge in [0.1, 0.15) is 12.4 Å². The van der Waals surface area contributed by atoms with E-state index in [2.05, 4.69) is 35.3 Å². The molecule has 21 heavy (non-hydrogen) atoms. The van der Waals surface area contributed by atoms with E-state index in [9.17, 15) is 0 Å². The van der Waals surface area contributed by atoms with Crippen LogP contribution in [0.4, 0.5) is 0 Å². The van der Waals surface area contributed by atoms with Crippen LogP contribution in [0.3, 0.4) is 0 Å². The number of ether oxygens (including phenoxy) is 1. The van der Waals surface area contributed by atoms with Crippen molar-refractivity contribution in [2.24, 2.45) is 7.05 Å². The third-order valence-electron chi connectivity index (χ3n) is 3.45. The van der Waals surface area contributed by atoms with Gasteiger partial charge >= 0.3 is 0 Å². The van der Waals surface area contributed by atoms with Gasteiger partial charge in [-0.25, -0.2) is 4.98 Å². The first-order valence-corrected chi connectivity index (χ1v) is 7.05. The quantitative estimate of drug-likeness (QED) is 0.793. The van der Waals surface area contributed by atoms with E-state index >= 15 is 0 Å². The van der Waals surface area contributed by atoms with Crippen molar-refractivity contribution in [3.63, 3.8) is 0 Å². The topological polar surface area (TPSA) is 39.1 Å². The van der Waals surface area contributed by atoms with Crippen LogP contribution >= 0.6 is 0 Å². The van der Waals surface area contributed by atoms with E-state index in [-0.39, 0.29) is 0 Å². The van der Waals surface area contributed by atoms with Crippen LogP contribution in [-0.4, -0.2) is 22.7 Å². The van der Waals surface area contributed by atoms with Gasteiger partial charge in [-0.15, -0.1) is 6.42 Å². The van der Waals surface area contributed by atoms with Gasteiger partial charge in [0, 0.05) is 37.9 Å². The van der Waals surface area contributed by atoms with Crippen molar-refractivity contribution in [3.05, 3.63) is 48.0 Å². The number of imidazole rings is 1. The molecule has 110 valence electrons. The van der Waals surface area contributed by atoms with Crippen LogP contribution in [0.15, 0.2) is 36.8 Å². The Labute approximate surface area is 126 Å². The minimum atomic E-state index is 0.292. The first-order valence-electron chi connectivity index (χ1n) is 7.05. The van der Waals surface area contributed by atoms with Crippen molar-refractivity contribution >= 4 is 0 Å². The number of terminal acetylenes is 1. The molecule has 2 aromatic rings. The zero-order chi connectivity index (χ0) is 15.1. The molecule has 0 aliphatic carbocycles. The lowest BCUT2D eigenvalue weighted by molar-refractivity contribution is 0.370. The van der Waals surface area contributed by atoms with Gasteiger partial charge < -0.3 is 14.6 Å². The molecule has 0 aliphatic heterocycles. The molecule has 1 aromatic heterocycles. The lowest BCUT2D eigenvalue weighted by Crippen LogP contribution is -2.22. The van der Waals surface area contributed by atoms with Crippen molar-refractivity contribution < 1.29 is 4.74 Å². The number of hydrogen-bond acceptors (Lipinski definition) is 3. The molecule has 1 unspecified atom stereocenters. The SMILES string of the molecule is C#CCOc1ccc(C(C)NCCc2cncn2C)cc1. The van der Waals surface area contributed by atoms with Gasteiger partial charge in [0.25, 0.3) is 0 Å². The van der Waals surface area contributed by atoms with Gasteiger partial charge in [-0.1, -0.05) is 18.1 Å². The molecule has 4 nitrogen and oxygen atoms in total. The molecule has 1 atom stereocenters. The summed E-state index contributed by atoms with van der Waals surface area (Å²) >= 11 is 0. The molecule has 0 spiro atoms. The van der Waals surface area contributed by atoms with Crippen LogP contribution in [0.2, 0.25) is 0 Å². The fraction of sp³-hybridized carbons (Fsp3) is 0.353. The van der Waals surface area contributed by atoms with Crippen molar-refractivity contribution in [3.8, 4) is 18.1 Å². The second-order valence-corrected chi connectivity index (χ2v) is 4.98. The molecule has 2 rings (SSSR count). The molecule has 1 N–H and O–H groups in total. The molecule has 0 aliphatic rings. The van der Waals surface area contributed by atoms with Gasteiger partial charge in [0.15, 0.2) is 0 Å². The first-order chi connectivity index (χ1) is 10.2. The van der Waals surface area contributed by atoms with E-state index < -0.39 is 0 Å². The third kappa shape index (κ3) is 4.37. The average Bonchev–Trinajstić information content (AvgIpc) is 2.91. The summed E-state index contributed by atoms with van der Waals surface area (Å²) in [5, 5.41) is 3.51. The molecule has 4 heteroatoms. The number of aromatic nitrogens is 2. The Morgan fingerprint density at radius 2 is 2.14 bits per heavy atom. The highest BCUT2D eigenvalue weighted by atomic mass is 16.5. The molecule has 1 heterocycles. The van der Waals surface area contributed by atoms with Gasteiger partial charge in [0.05, 0.1) is 6.33 Å². The molecule has 1 aromatic carbocycles. The monoisotopic (exact) mass is 283 g/mol. The minimum Gasteiger partial charge on any atom is -0.481 e. The Kier molecular flexibility index (Phi) is 5.42. The summed E-state index contributed by atoms with van der Waals surface area (Å²) in [7, 11) is 2.01. The van der Waals surface area contributed by atoms with E-state index in [0.29, 0.717) is 12.6 Å². The zero-order valence-electron chi connectivity index (χ0n) is 12.5. The van der Waals surface area contributed by atoms with Crippen LogP contribution < -0.4 is 10.1 Å². The predicted octanol–water partition coefficient (Wildman–Crippen LogP) is 2.33. The predicted molar refractivity (Wildman–Crippen MR) is 84.1 cm³/mol. The van der Waals surface area contributed by atoms with Gasteiger partial charge in [-0.3, -0.25) is 0 Å². The highest BCUT2D eigenvalue weighted by molar-refractivity contribution is 5.29. The summed E-state index contributed by atoms with van der Waals surface area (Å²) in [4.78, 5) is 4.12. The number of benzene rings is 1. The lowest BCUT2D eigenvalue weighted by Gasteiger charge is -2.15. The number of nitrogens with one attached hydrogen (secondary N) is 1. The molecule has 0 saturated carbocycles. The second kappa shape index (κ2) is 7.51. The Bertz CT molecular complexity index is 595. The van der Waals surface area contributed by atoms with E-state index in [1.807, 2.05) is 36.3 Å². The summed E-state index contributed by atoms with van der Waals surface area (Å²) in [6, 6.07) is 8.32. The van der Waals surface area contributed by atoms with Crippen LogP contribution in [0.5, 0.6) is 5.75 Å². The molecular weight excluding hydrogens is 262 g/mol. The number of rotatable bonds is 7. The van der Waals surface area contributed by atoms with E-state index in [4.69, 9.17) is 11.2 Å². The van der Waals surface area contributed by atoms with E-state index in [0.717, 1.165) is 18.7 Å². The fourth-order valence-electron chi connectivity index (χ4n) is 2.14. The van der Waals surface area contributed by atoms with Crippen molar-refractivity contribution in [1.29, 1.82) is 0 Å². The van der Waals surface area contributed by atoms with E-state index in [1.54, 1.807) is 0 Å². The summed E-state index contributed by atoms with van der Waals surface area (Å²) in [6.07, 6.45) is 9.87. The molecule has 0 saturated heterocycles. The molecule has 0 bridgehead atoms. The Morgan fingerprint density at radius 3 is 2.76 bits per heavy atom. The van der Waals surface area contributed by atoms with Gasteiger partial charge in [0.2, 0.25) is 0 Å². The zero-order valence-corrected chi connectivity index (χ0v) is 12.5. The van der Waals surface area contributed by atoms with Gasteiger partial charge in [-0.2, -0.15) is 0 Å². The standard InChI is InChI=1S/C17H21N3O/c1-4-11-21-17-7-5-15(6-8-17)14(2)19-10-9-16-12-18-13-20(16)3/h1,5-8,12-14,19H,9-11H2,2-3H3. The fourth-order valence-corrected chi connectivity index (χ4v) is 2.14. The highest BCUT2D eigenvalue weighted by Crippen LogP contribution is 2.17. The maximum absolute atomic E-state index is 5.37. The maximum atomic E-state index is 5.37. The number of hydrogen-bond donors (Lipinski definition) is 1. The second-order valence-electron chi connectivity index (χ2n) is 4.98. The smallest absolute Gasteiger partial charge is 0.148 e. The lowest BCUT2D eigenvalue weighted by atomic mass is 10.1. The Balaban J connectivity index is 1.81. The molecule has 0 radical (unpaired) electrons. The van der Waals surface area contributed by atoms with Crippen LogP contribution in [-0.2, 0) is 13.5 Å². The summed E-state index contributed by atoms with van der Waals surface area (Å²) in [6.45, 7) is 3.37. The van der Waals surface area contributed by atoms with Gasteiger partial charge in [-0.05, 0) is 24.6 Å². The average molecular weight is 283 g/mol. The van der Waals surface area contributed by atoms with Crippen molar-refractivity contribution in [1.82, 2.24) is 14.9 Å². The summed E-state index contributed by atoms with van der Waals surface area (Å²) in [5.74, 6) is 3.26. The number of aryl methyl sites for hydroxylation is 1. The van der Waals surface area contributed by atoms with Crippen LogP contribution in [0.25, 0.3) is 0 Å². The minimum absolute atomic E-state index is 0.292. The Morgan fingerprint density at radius 1 is 1.38 bits per heavy atom. The Hall–Kier alpha value is -2.25. The highest BCUT2D eigenvalue weighted by Gasteiger charge is 2.05. The normalized spacial score (nSPS) is 11.9. The first kappa shape index (κ1) is 15.1. The van der Waals surface area contributed by atoms with E-state index in [1.165, 1.54) is 11.3 Å². The maximum Gasteiger partial charge on any atom is 0.148 e. The molecular formula is C17H21N3O. The number of nitrogens with zero attached hydrogens (tertiary/aromatic N) is 2. The molecule has 0 fully saturated rings. The summed E-state index contributed by atoms with van der Waals surface area (Å²) < 4.78 is 7.41. The van der Waals surface area contributed by atoms with Crippen LogP contribution in [0.1, 0.15) is 24.2 Å². The summed E-state index contributed by atoms with van der Waals surface area (Å²) in [5.41, 5.74) is 2.46. The largest absolute Gasteiger partial charge is 0.481 e. The van der Waals surface area contributed by atoms with Crippen molar-refractivity contribution in [2.75, 3.05) is 13.2 Å². The van der Waals surface area contributed by atoms with Crippen molar-refractivity contribution in [2.45, 2.75) is 19.4 Å². The van der Waals surface area contributed by atoms with Crippen LogP contribution in [0, 0.1) is 12.3 Å².